The third-order valence-electron chi connectivity index (χ3n) is 1.97. The van der Waals surface area contributed by atoms with E-state index in [9.17, 15) is 4.79 Å². The SMILES string of the molecule is Cc1ncc2nc(C=O)nn2c1C. The van der Waals surface area contributed by atoms with Gasteiger partial charge in [0, 0.05) is 0 Å². The summed E-state index contributed by atoms with van der Waals surface area (Å²) in [6.45, 7) is 3.77. The van der Waals surface area contributed by atoms with Gasteiger partial charge in [-0.05, 0) is 13.8 Å². The standard InChI is InChI=1S/C8H8N4O/c1-5-6(2)12-8(3-9-5)10-7(4-13)11-12/h3-4H,1-2H3. The van der Waals surface area contributed by atoms with Gasteiger partial charge in [0.05, 0.1) is 17.6 Å². The third kappa shape index (κ3) is 1.09. The maximum absolute atomic E-state index is 10.4. The fraction of sp³-hybridized carbons (Fsp3) is 0.250. The molecule has 5 nitrogen and oxygen atoms in total. The van der Waals surface area contributed by atoms with E-state index < -0.39 is 0 Å². The number of rotatable bonds is 1. The molecule has 13 heavy (non-hydrogen) atoms. The van der Waals surface area contributed by atoms with Gasteiger partial charge >= 0.3 is 0 Å². The van der Waals surface area contributed by atoms with Crippen LogP contribution in [0.5, 0.6) is 0 Å². The molecule has 5 heteroatoms. The van der Waals surface area contributed by atoms with E-state index in [1.54, 1.807) is 10.7 Å². The molecule has 0 bridgehead atoms. The zero-order valence-corrected chi connectivity index (χ0v) is 7.35. The number of aryl methyl sites for hydroxylation is 2. The Morgan fingerprint density at radius 2 is 2.23 bits per heavy atom. The molecule has 0 N–H and O–H groups in total. The Morgan fingerprint density at radius 1 is 1.46 bits per heavy atom. The molecule has 0 spiro atoms. The molecule has 0 aromatic carbocycles. The largest absolute Gasteiger partial charge is 0.294 e. The lowest BCUT2D eigenvalue weighted by atomic mass is 10.3. The lowest BCUT2D eigenvalue weighted by Crippen LogP contribution is -1.98. The lowest BCUT2D eigenvalue weighted by Gasteiger charge is -1.99. The van der Waals surface area contributed by atoms with E-state index in [4.69, 9.17) is 0 Å². The van der Waals surface area contributed by atoms with Gasteiger partial charge in [0.15, 0.2) is 11.9 Å². The zero-order valence-electron chi connectivity index (χ0n) is 7.35. The van der Waals surface area contributed by atoms with Crippen molar-refractivity contribution in [2.45, 2.75) is 13.8 Å². The van der Waals surface area contributed by atoms with Gasteiger partial charge in [-0.2, -0.15) is 0 Å². The normalized spacial score (nSPS) is 10.6. The molecule has 0 fully saturated rings. The Balaban J connectivity index is 2.83. The summed E-state index contributed by atoms with van der Waals surface area (Å²) in [6.07, 6.45) is 2.23. The Hall–Kier alpha value is -1.78. The smallest absolute Gasteiger partial charge is 0.215 e. The van der Waals surface area contributed by atoms with Crippen LogP contribution in [0.2, 0.25) is 0 Å². The summed E-state index contributed by atoms with van der Waals surface area (Å²) in [4.78, 5) is 18.5. The number of hydrogen-bond acceptors (Lipinski definition) is 4. The second-order valence-corrected chi connectivity index (χ2v) is 2.79. The molecule has 0 saturated carbocycles. The Kier molecular flexibility index (Phi) is 1.58. The molecule has 0 aliphatic heterocycles. The summed E-state index contributed by atoms with van der Waals surface area (Å²) in [7, 11) is 0. The van der Waals surface area contributed by atoms with E-state index in [0.29, 0.717) is 11.9 Å². The quantitative estimate of drug-likeness (QED) is 0.595. The summed E-state index contributed by atoms with van der Waals surface area (Å²) in [5.41, 5.74) is 2.39. The minimum absolute atomic E-state index is 0.190. The van der Waals surface area contributed by atoms with E-state index >= 15 is 0 Å². The van der Waals surface area contributed by atoms with Crippen LogP contribution in [-0.2, 0) is 0 Å². The zero-order chi connectivity index (χ0) is 9.42. The van der Waals surface area contributed by atoms with Crippen LogP contribution >= 0.6 is 0 Å². The average molecular weight is 176 g/mol. The predicted octanol–water partition coefficient (Wildman–Crippen LogP) is 0.554. The first-order valence-corrected chi connectivity index (χ1v) is 3.86. The van der Waals surface area contributed by atoms with Crippen LogP contribution in [-0.4, -0.2) is 25.9 Å². The summed E-state index contributed by atoms with van der Waals surface area (Å²) in [6, 6.07) is 0. The minimum atomic E-state index is 0.190. The molecule has 0 aliphatic rings. The van der Waals surface area contributed by atoms with Crippen molar-refractivity contribution in [1.82, 2.24) is 19.6 Å². The first-order chi connectivity index (χ1) is 6.22. The topological polar surface area (TPSA) is 60.2 Å². The van der Waals surface area contributed by atoms with Crippen LogP contribution in [0.25, 0.3) is 5.65 Å². The molecular formula is C8H8N4O. The van der Waals surface area contributed by atoms with Crippen molar-refractivity contribution in [2.24, 2.45) is 0 Å². The number of hydrogen-bond donors (Lipinski definition) is 0. The lowest BCUT2D eigenvalue weighted by molar-refractivity contribution is 0.111. The second-order valence-electron chi connectivity index (χ2n) is 2.79. The molecule has 0 unspecified atom stereocenters. The highest BCUT2D eigenvalue weighted by molar-refractivity contribution is 5.69. The van der Waals surface area contributed by atoms with E-state index in [2.05, 4.69) is 15.1 Å². The maximum atomic E-state index is 10.4. The molecule has 2 rings (SSSR count). The van der Waals surface area contributed by atoms with Gasteiger partial charge < -0.3 is 0 Å². The van der Waals surface area contributed by atoms with E-state index in [1.807, 2.05) is 13.8 Å². The maximum Gasteiger partial charge on any atom is 0.215 e. The first kappa shape index (κ1) is 7.85. The van der Waals surface area contributed by atoms with Crippen LogP contribution in [0, 0.1) is 13.8 Å². The van der Waals surface area contributed by atoms with Crippen molar-refractivity contribution in [3.8, 4) is 0 Å². The fourth-order valence-corrected chi connectivity index (χ4v) is 1.12. The molecule has 2 aromatic heterocycles. The Bertz CT molecular complexity index is 474. The Labute approximate surface area is 74.4 Å². The number of fused-ring (bicyclic) bond motifs is 1. The monoisotopic (exact) mass is 176 g/mol. The minimum Gasteiger partial charge on any atom is -0.294 e. The molecule has 0 saturated heterocycles. The molecule has 0 atom stereocenters. The highest BCUT2D eigenvalue weighted by atomic mass is 16.1. The van der Waals surface area contributed by atoms with Crippen LogP contribution in [0.4, 0.5) is 0 Å². The van der Waals surface area contributed by atoms with E-state index in [-0.39, 0.29) is 5.82 Å². The van der Waals surface area contributed by atoms with Crippen LogP contribution < -0.4 is 0 Å². The third-order valence-corrected chi connectivity index (χ3v) is 1.97. The second kappa shape index (κ2) is 2.62. The van der Waals surface area contributed by atoms with Crippen molar-refractivity contribution in [3.05, 3.63) is 23.4 Å². The van der Waals surface area contributed by atoms with Gasteiger partial charge in [0.25, 0.3) is 0 Å². The molecular weight excluding hydrogens is 168 g/mol. The summed E-state index contributed by atoms with van der Waals surface area (Å²) in [5.74, 6) is 0.190. The summed E-state index contributed by atoms with van der Waals surface area (Å²) >= 11 is 0. The number of nitrogens with zero attached hydrogens (tertiary/aromatic N) is 4. The molecule has 0 radical (unpaired) electrons. The van der Waals surface area contributed by atoms with Crippen LogP contribution in [0.1, 0.15) is 22.0 Å². The van der Waals surface area contributed by atoms with Gasteiger partial charge in [0.1, 0.15) is 0 Å². The molecule has 66 valence electrons. The number of aromatic nitrogens is 4. The molecule has 0 aliphatic carbocycles. The van der Waals surface area contributed by atoms with E-state index in [1.165, 1.54) is 0 Å². The first-order valence-electron chi connectivity index (χ1n) is 3.86. The molecule has 2 aromatic rings. The van der Waals surface area contributed by atoms with Gasteiger partial charge in [-0.3, -0.25) is 9.78 Å². The van der Waals surface area contributed by atoms with Gasteiger partial charge in [-0.25, -0.2) is 9.50 Å². The van der Waals surface area contributed by atoms with Crippen molar-refractivity contribution < 1.29 is 4.79 Å². The number of carbonyl (C=O) groups excluding carboxylic acids is 1. The number of aldehydes is 1. The predicted molar refractivity (Wildman–Crippen MR) is 45.6 cm³/mol. The number of carbonyl (C=O) groups is 1. The van der Waals surface area contributed by atoms with Gasteiger partial charge in [-0.15, -0.1) is 5.10 Å². The highest BCUT2D eigenvalue weighted by Gasteiger charge is 2.05. The molecule has 2 heterocycles. The average Bonchev–Trinajstić information content (AvgIpc) is 2.55. The molecule has 0 amide bonds. The van der Waals surface area contributed by atoms with Crippen molar-refractivity contribution in [2.75, 3.05) is 0 Å². The van der Waals surface area contributed by atoms with Crippen molar-refractivity contribution in [3.63, 3.8) is 0 Å². The Morgan fingerprint density at radius 3 is 2.92 bits per heavy atom. The van der Waals surface area contributed by atoms with Crippen LogP contribution in [0.3, 0.4) is 0 Å². The van der Waals surface area contributed by atoms with Crippen LogP contribution in [0.15, 0.2) is 6.20 Å². The van der Waals surface area contributed by atoms with E-state index in [0.717, 1.165) is 11.4 Å². The highest BCUT2D eigenvalue weighted by Crippen LogP contribution is 2.05. The summed E-state index contributed by atoms with van der Waals surface area (Å²) in [5, 5.41) is 3.99. The summed E-state index contributed by atoms with van der Waals surface area (Å²) < 4.78 is 1.62. The van der Waals surface area contributed by atoms with Crippen molar-refractivity contribution in [1.29, 1.82) is 0 Å². The fourth-order valence-electron chi connectivity index (χ4n) is 1.12. The van der Waals surface area contributed by atoms with Gasteiger partial charge in [-0.1, -0.05) is 0 Å². The van der Waals surface area contributed by atoms with Crippen molar-refractivity contribution >= 4 is 11.9 Å². The van der Waals surface area contributed by atoms with Gasteiger partial charge in [0.2, 0.25) is 5.82 Å².